The molecule has 0 N–H and O–H groups in total. The Morgan fingerprint density at radius 1 is 0.757 bits per heavy atom. The average molecular weight is 501 g/mol. The average Bonchev–Trinajstić information content (AvgIpc) is 2.93. The minimum atomic E-state index is -0.107. The minimum absolute atomic E-state index is 0.107. The van der Waals surface area contributed by atoms with Crippen LogP contribution >= 0.6 is 0 Å². The van der Waals surface area contributed by atoms with E-state index in [0.29, 0.717) is 17.4 Å². The van der Waals surface area contributed by atoms with E-state index in [0.717, 1.165) is 60.6 Å². The highest BCUT2D eigenvalue weighted by Crippen LogP contribution is 2.38. The standard InChI is InChI=1S/C35H45FO/c1-6-25(7-2)23-37-35-26(8-3)20-32(21-27(35)9-4)29-14-16-30(17-15-29)33-19-18-31(22-34(33)36)28-12-10-24(5)11-13-28/h14-22,24-25,28H,6-13,23H2,1-5H3. The largest absolute Gasteiger partial charge is 0.493 e. The molecule has 0 bridgehead atoms. The zero-order valence-corrected chi connectivity index (χ0v) is 23.6. The van der Waals surface area contributed by atoms with Gasteiger partial charge in [-0.25, -0.2) is 4.39 Å². The first-order valence-corrected chi connectivity index (χ1v) is 14.7. The predicted molar refractivity (Wildman–Crippen MR) is 156 cm³/mol. The van der Waals surface area contributed by atoms with Crippen LogP contribution in [0.3, 0.4) is 0 Å². The highest BCUT2D eigenvalue weighted by molar-refractivity contribution is 5.72. The van der Waals surface area contributed by atoms with Gasteiger partial charge in [0.15, 0.2) is 0 Å². The first-order chi connectivity index (χ1) is 18.0. The first kappa shape index (κ1) is 27.4. The molecule has 37 heavy (non-hydrogen) atoms. The number of hydrogen-bond acceptors (Lipinski definition) is 1. The van der Waals surface area contributed by atoms with Gasteiger partial charge in [0.2, 0.25) is 0 Å². The minimum Gasteiger partial charge on any atom is -0.493 e. The summed E-state index contributed by atoms with van der Waals surface area (Å²) >= 11 is 0. The van der Waals surface area contributed by atoms with Crippen LogP contribution in [0, 0.1) is 17.7 Å². The summed E-state index contributed by atoms with van der Waals surface area (Å²) in [5.74, 6) is 2.88. The Morgan fingerprint density at radius 3 is 1.89 bits per heavy atom. The molecule has 1 fully saturated rings. The molecule has 0 unspecified atom stereocenters. The zero-order valence-electron chi connectivity index (χ0n) is 23.6. The molecule has 0 saturated heterocycles. The van der Waals surface area contributed by atoms with Gasteiger partial charge in [0, 0.05) is 5.56 Å². The first-order valence-electron chi connectivity index (χ1n) is 14.7. The van der Waals surface area contributed by atoms with Crippen molar-refractivity contribution in [3.05, 3.63) is 77.1 Å². The van der Waals surface area contributed by atoms with Crippen molar-refractivity contribution < 1.29 is 9.13 Å². The fourth-order valence-corrected chi connectivity index (χ4v) is 5.81. The lowest BCUT2D eigenvalue weighted by atomic mass is 9.79. The number of halogens is 1. The Bertz CT molecular complexity index is 1130. The molecule has 1 saturated carbocycles. The van der Waals surface area contributed by atoms with Crippen LogP contribution in [0.25, 0.3) is 22.3 Å². The van der Waals surface area contributed by atoms with Crippen LogP contribution in [0.15, 0.2) is 54.6 Å². The number of ether oxygens (including phenoxy) is 1. The Morgan fingerprint density at radius 2 is 1.35 bits per heavy atom. The lowest BCUT2D eigenvalue weighted by Gasteiger charge is -2.26. The quantitative estimate of drug-likeness (QED) is 0.269. The molecule has 1 nitrogen and oxygen atoms in total. The van der Waals surface area contributed by atoms with Crippen LogP contribution in [0.2, 0.25) is 0 Å². The Balaban J connectivity index is 1.55. The van der Waals surface area contributed by atoms with Gasteiger partial charge in [-0.05, 0) is 95.0 Å². The molecular formula is C35H45FO. The van der Waals surface area contributed by atoms with Crippen LogP contribution in [-0.2, 0) is 12.8 Å². The second-order valence-corrected chi connectivity index (χ2v) is 11.1. The molecule has 198 valence electrons. The Kier molecular flexibility index (Phi) is 9.46. The van der Waals surface area contributed by atoms with E-state index in [1.165, 1.54) is 42.4 Å². The van der Waals surface area contributed by atoms with Crippen molar-refractivity contribution in [1.82, 2.24) is 0 Å². The summed E-state index contributed by atoms with van der Waals surface area (Å²) in [5.41, 5.74) is 7.68. The molecule has 0 spiro atoms. The molecule has 0 atom stereocenters. The highest BCUT2D eigenvalue weighted by Gasteiger charge is 2.21. The summed E-state index contributed by atoms with van der Waals surface area (Å²) in [7, 11) is 0. The van der Waals surface area contributed by atoms with Crippen LogP contribution in [-0.4, -0.2) is 6.61 Å². The van der Waals surface area contributed by atoms with Crippen molar-refractivity contribution in [2.45, 2.75) is 91.9 Å². The van der Waals surface area contributed by atoms with E-state index < -0.39 is 0 Å². The van der Waals surface area contributed by atoms with Gasteiger partial charge in [-0.2, -0.15) is 0 Å². The zero-order chi connectivity index (χ0) is 26.4. The van der Waals surface area contributed by atoms with Crippen LogP contribution in [0.1, 0.15) is 95.8 Å². The maximum absolute atomic E-state index is 15.2. The van der Waals surface area contributed by atoms with Crippen molar-refractivity contribution in [1.29, 1.82) is 0 Å². The number of rotatable bonds is 10. The molecule has 0 aromatic heterocycles. The second kappa shape index (κ2) is 12.8. The normalized spacial score (nSPS) is 17.8. The fourth-order valence-electron chi connectivity index (χ4n) is 5.81. The van der Waals surface area contributed by atoms with Crippen molar-refractivity contribution in [2.24, 2.45) is 11.8 Å². The van der Waals surface area contributed by atoms with Gasteiger partial charge in [-0.3, -0.25) is 0 Å². The van der Waals surface area contributed by atoms with E-state index in [4.69, 9.17) is 4.74 Å². The van der Waals surface area contributed by atoms with Gasteiger partial charge >= 0.3 is 0 Å². The molecule has 0 heterocycles. The monoisotopic (exact) mass is 500 g/mol. The molecule has 0 aliphatic heterocycles. The lowest BCUT2D eigenvalue weighted by molar-refractivity contribution is 0.237. The van der Waals surface area contributed by atoms with Crippen molar-refractivity contribution in [3.63, 3.8) is 0 Å². The summed E-state index contributed by atoms with van der Waals surface area (Å²) in [6.45, 7) is 12.0. The highest BCUT2D eigenvalue weighted by atomic mass is 19.1. The van der Waals surface area contributed by atoms with Gasteiger partial charge in [0.25, 0.3) is 0 Å². The second-order valence-electron chi connectivity index (χ2n) is 11.1. The van der Waals surface area contributed by atoms with E-state index >= 15 is 4.39 Å². The number of hydrogen-bond donors (Lipinski definition) is 0. The van der Waals surface area contributed by atoms with Crippen molar-refractivity contribution in [3.8, 4) is 28.0 Å². The third-order valence-electron chi connectivity index (χ3n) is 8.63. The van der Waals surface area contributed by atoms with Gasteiger partial charge < -0.3 is 4.74 Å². The SMILES string of the molecule is CCc1cc(-c2ccc(-c3ccc(C4CCC(C)CC4)cc3F)cc2)cc(CC)c1OCC(CC)CC. The molecular weight excluding hydrogens is 455 g/mol. The summed E-state index contributed by atoms with van der Waals surface area (Å²) in [6, 6.07) is 18.8. The van der Waals surface area contributed by atoms with Crippen LogP contribution < -0.4 is 4.74 Å². The number of aryl methyl sites for hydroxylation is 2. The van der Waals surface area contributed by atoms with E-state index in [2.05, 4.69) is 77.1 Å². The molecule has 0 radical (unpaired) electrons. The maximum Gasteiger partial charge on any atom is 0.131 e. The van der Waals surface area contributed by atoms with Gasteiger partial charge in [-0.15, -0.1) is 0 Å². The summed E-state index contributed by atoms with van der Waals surface area (Å²) < 4.78 is 21.6. The Hall–Kier alpha value is -2.61. The van der Waals surface area contributed by atoms with Gasteiger partial charge in [-0.1, -0.05) is 96.7 Å². The molecule has 3 aromatic rings. The molecule has 2 heteroatoms. The Labute approximate surface area is 224 Å². The number of benzene rings is 3. The third kappa shape index (κ3) is 6.46. The van der Waals surface area contributed by atoms with Crippen molar-refractivity contribution >= 4 is 0 Å². The van der Waals surface area contributed by atoms with E-state index in [9.17, 15) is 0 Å². The summed E-state index contributed by atoms with van der Waals surface area (Å²) in [6.07, 6.45) is 9.02. The summed E-state index contributed by atoms with van der Waals surface area (Å²) in [5, 5.41) is 0. The maximum atomic E-state index is 15.2. The van der Waals surface area contributed by atoms with E-state index in [1.54, 1.807) is 6.07 Å². The van der Waals surface area contributed by atoms with Gasteiger partial charge in [0.05, 0.1) is 6.61 Å². The molecule has 4 rings (SSSR count). The van der Waals surface area contributed by atoms with Crippen LogP contribution in [0.5, 0.6) is 5.75 Å². The van der Waals surface area contributed by atoms with Crippen molar-refractivity contribution in [2.75, 3.05) is 6.61 Å². The van der Waals surface area contributed by atoms with Gasteiger partial charge in [0.1, 0.15) is 11.6 Å². The van der Waals surface area contributed by atoms with E-state index in [-0.39, 0.29) is 5.82 Å². The fraction of sp³-hybridized carbons (Fsp3) is 0.486. The summed E-state index contributed by atoms with van der Waals surface area (Å²) in [4.78, 5) is 0. The van der Waals surface area contributed by atoms with E-state index in [1.807, 2.05) is 6.07 Å². The molecule has 0 amide bonds. The molecule has 1 aliphatic rings. The topological polar surface area (TPSA) is 9.23 Å². The molecule has 3 aromatic carbocycles. The smallest absolute Gasteiger partial charge is 0.131 e. The van der Waals surface area contributed by atoms with Crippen LogP contribution in [0.4, 0.5) is 4.39 Å². The molecule has 1 aliphatic carbocycles. The third-order valence-corrected chi connectivity index (χ3v) is 8.63. The lowest BCUT2D eigenvalue weighted by Crippen LogP contribution is -2.12. The predicted octanol–water partition coefficient (Wildman–Crippen LogP) is 10.4.